The zero-order valence-electron chi connectivity index (χ0n) is 15.7. The van der Waals surface area contributed by atoms with Crippen molar-refractivity contribution >= 4 is 33.2 Å². The Morgan fingerprint density at radius 1 is 1.14 bits per heavy atom. The predicted molar refractivity (Wildman–Crippen MR) is 108 cm³/mol. The van der Waals surface area contributed by atoms with Crippen molar-refractivity contribution in [3.8, 4) is 0 Å². The topological polar surface area (TPSA) is 70.6 Å². The summed E-state index contributed by atoms with van der Waals surface area (Å²) in [6.07, 6.45) is 3.74. The van der Waals surface area contributed by atoms with E-state index in [1.54, 1.807) is 11.0 Å². The van der Waals surface area contributed by atoms with Gasteiger partial charge in [-0.1, -0.05) is 23.7 Å². The van der Waals surface area contributed by atoms with Gasteiger partial charge >= 0.3 is 0 Å². The van der Waals surface area contributed by atoms with Gasteiger partial charge in [0.15, 0.2) is 0 Å². The lowest BCUT2D eigenvalue weighted by Gasteiger charge is -2.36. The SMILES string of the molecule is O=C(C1CCN(S(=O)(=O)c2cccnc2Cl)CC1)N1CCCc2cccc(F)c21. The van der Waals surface area contributed by atoms with Crippen LogP contribution in [-0.2, 0) is 21.2 Å². The number of carbonyl (C=O) groups is 1. The van der Waals surface area contributed by atoms with E-state index in [0.29, 0.717) is 25.1 Å². The summed E-state index contributed by atoms with van der Waals surface area (Å²) < 4.78 is 41.4. The molecular weight excluding hydrogens is 417 g/mol. The first-order valence-electron chi connectivity index (χ1n) is 9.59. The molecule has 29 heavy (non-hydrogen) atoms. The van der Waals surface area contributed by atoms with Crippen LogP contribution in [0.15, 0.2) is 41.4 Å². The summed E-state index contributed by atoms with van der Waals surface area (Å²) in [6.45, 7) is 0.903. The first kappa shape index (κ1) is 20.3. The number of sulfonamides is 1. The molecule has 0 bridgehead atoms. The number of rotatable bonds is 3. The number of nitrogens with zero attached hydrogens (tertiary/aromatic N) is 3. The third-order valence-corrected chi connectivity index (χ3v) is 7.92. The second-order valence-electron chi connectivity index (χ2n) is 7.31. The molecular formula is C20H21ClFN3O3S. The fraction of sp³-hybridized carbons (Fsp3) is 0.400. The molecule has 1 saturated heterocycles. The molecule has 0 N–H and O–H groups in total. The Morgan fingerprint density at radius 3 is 2.62 bits per heavy atom. The second kappa shape index (κ2) is 8.01. The van der Waals surface area contributed by atoms with Crippen LogP contribution >= 0.6 is 11.6 Å². The highest BCUT2D eigenvalue weighted by atomic mass is 35.5. The molecule has 3 heterocycles. The number of hydrogen-bond acceptors (Lipinski definition) is 4. The van der Waals surface area contributed by atoms with Crippen LogP contribution in [0.3, 0.4) is 0 Å². The maximum Gasteiger partial charge on any atom is 0.246 e. The highest BCUT2D eigenvalue weighted by molar-refractivity contribution is 7.89. The van der Waals surface area contributed by atoms with Gasteiger partial charge in [0.2, 0.25) is 15.9 Å². The Balaban J connectivity index is 1.49. The minimum absolute atomic E-state index is 0.0292. The number of para-hydroxylation sites is 1. The van der Waals surface area contributed by atoms with Crippen LogP contribution in [0.1, 0.15) is 24.8 Å². The van der Waals surface area contributed by atoms with Crippen LogP contribution < -0.4 is 4.90 Å². The van der Waals surface area contributed by atoms with Crippen molar-refractivity contribution in [2.45, 2.75) is 30.6 Å². The van der Waals surface area contributed by atoms with Crippen LogP contribution in [-0.4, -0.2) is 43.2 Å². The molecule has 154 valence electrons. The molecule has 4 rings (SSSR count). The number of amides is 1. The number of halogens is 2. The van der Waals surface area contributed by atoms with E-state index in [9.17, 15) is 17.6 Å². The van der Waals surface area contributed by atoms with Crippen molar-refractivity contribution in [3.05, 3.63) is 53.1 Å². The maximum absolute atomic E-state index is 14.4. The summed E-state index contributed by atoms with van der Waals surface area (Å²) in [5.74, 6) is -0.856. The molecule has 2 aromatic rings. The summed E-state index contributed by atoms with van der Waals surface area (Å²) in [4.78, 5) is 18.5. The number of hydrogen-bond donors (Lipinski definition) is 0. The standard InChI is InChI=1S/C20H21ClFN3O3S/c21-19-17(7-2-10-23-19)29(27,28)24-12-8-15(9-13-24)20(26)25-11-3-5-14-4-1-6-16(22)18(14)25/h1-2,4,6-7,10,15H,3,5,8-9,11-13H2. The zero-order chi connectivity index (χ0) is 20.6. The molecule has 0 radical (unpaired) electrons. The third kappa shape index (κ3) is 3.76. The molecule has 0 spiro atoms. The van der Waals surface area contributed by atoms with E-state index in [1.165, 1.54) is 28.7 Å². The third-order valence-electron chi connectivity index (χ3n) is 5.58. The number of aryl methyl sites for hydroxylation is 1. The monoisotopic (exact) mass is 437 g/mol. The van der Waals surface area contributed by atoms with Crippen molar-refractivity contribution < 1.29 is 17.6 Å². The van der Waals surface area contributed by atoms with Crippen molar-refractivity contribution in [2.75, 3.05) is 24.5 Å². The number of anilines is 1. The van der Waals surface area contributed by atoms with E-state index in [0.717, 1.165) is 18.4 Å². The Hall–Kier alpha value is -2.03. The smallest absolute Gasteiger partial charge is 0.246 e. The van der Waals surface area contributed by atoms with E-state index < -0.39 is 10.0 Å². The van der Waals surface area contributed by atoms with Gasteiger partial charge in [0.25, 0.3) is 0 Å². The molecule has 0 saturated carbocycles. The number of pyridine rings is 1. The van der Waals surface area contributed by atoms with E-state index in [2.05, 4.69) is 4.98 Å². The Bertz CT molecular complexity index is 1040. The van der Waals surface area contributed by atoms with Crippen LogP contribution in [0.25, 0.3) is 0 Å². The van der Waals surface area contributed by atoms with E-state index in [1.807, 2.05) is 6.07 Å². The summed E-state index contributed by atoms with van der Waals surface area (Å²) in [5.41, 5.74) is 1.22. The highest BCUT2D eigenvalue weighted by Crippen LogP contribution is 2.33. The number of carbonyl (C=O) groups excluding carboxylic acids is 1. The molecule has 9 heteroatoms. The Kier molecular flexibility index (Phi) is 5.59. The fourth-order valence-electron chi connectivity index (χ4n) is 4.09. The lowest BCUT2D eigenvalue weighted by atomic mass is 9.94. The molecule has 2 aliphatic rings. The predicted octanol–water partition coefficient (Wildman–Crippen LogP) is 3.25. The molecule has 0 unspecified atom stereocenters. The zero-order valence-corrected chi connectivity index (χ0v) is 17.3. The normalized spacial score (nSPS) is 18.5. The molecule has 1 aromatic heterocycles. The average molecular weight is 438 g/mol. The Labute approximate surface area is 174 Å². The second-order valence-corrected chi connectivity index (χ2v) is 9.58. The summed E-state index contributed by atoms with van der Waals surface area (Å²) in [5, 5.41) is -0.0638. The lowest BCUT2D eigenvalue weighted by molar-refractivity contribution is -0.123. The quantitative estimate of drug-likeness (QED) is 0.691. The number of benzene rings is 1. The van der Waals surface area contributed by atoms with Crippen molar-refractivity contribution in [3.63, 3.8) is 0 Å². The summed E-state index contributed by atoms with van der Waals surface area (Å²) in [6, 6.07) is 7.84. The van der Waals surface area contributed by atoms with Crippen LogP contribution in [0.4, 0.5) is 10.1 Å². The molecule has 0 aliphatic carbocycles. The summed E-state index contributed by atoms with van der Waals surface area (Å²) >= 11 is 5.96. The minimum atomic E-state index is -3.77. The van der Waals surface area contributed by atoms with Gasteiger partial charge in [-0.2, -0.15) is 4.31 Å². The molecule has 0 atom stereocenters. The van der Waals surface area contributed by atoms with Crippen LogP contribution in [0.2, 0.25) is 5.15 Å². The molecule has 6 nitrogen and oxygen atoms in total. The lowest BCUT2D eigenvalue weighted by Crippen LogP contribution is -2.46. The van der Waals surface area contributed by atoms with Crippen molar-refractivity contribution in [1.29, 1.82) is 0 Å². The van der Waals surface area contributed by atoms with Gasteiger partial charge in [0, 0.05) is 31.7 Å². The van der Waals surface area contributed by atoms with E-state index in [-0.39, 0.29) is 40.8 Å². The van der Waals surface area contributed by atoms with Gasteiger partial charge in [-0.25, -0.2) is 17.8 Å². The highest BCUT2D eigenvalue weighted by Gasteiger charge is 2.36. The average Bonchev–Trinajstić information content (AvgIpc) is 2.73. The van der Waals surface area contributed by atoms with Gasteiger partial charge in [-0.3, -0.25) is 4.79 Å². The molecule has 2 aliphatic heterocycles. The Morgan fingerprint density at radius 2 is 1.90 bits per heavy atom. The van der Waals surface area contributed by atoms with Crippen LogP contribution in [0, 0.1) is 11.7 Å². The van der Waals surface area contributed by atoms with Gasteiger partial charge < -0.3 is 4.90 Å². The first-order chi connectivity index (χ1) is 13.9. The van der Waals surface area contributed by atoms with Crippen LogP contribution in [0.5, 0.6) is 0 Å². The van der Waals surface area contributed by atoms with Gasteiger partial charge in [-0.05, 0) is 49.4 Å². The van der Waals surface area contributed by atoms with E-state index in [4.69, 9.17) is 11.6 Å². The minimum Gasteiger partial charge on any atom is -0.309 e. The largest absolute Gasteiger partial charge is 0.309 e. The van der Waals surface area contributed by atoms with Crippen molar-refractivity contribution in [2.24, 2.45) is 5.92 Å². The molecule has 1 fully saturated rings. The number of fused-ring (bicyclic) bond motifs is 1. The first-order valence-corrected chi connectivity index (χ1v) is 11.4. The van der Waals surface area contributed by atoms with E-state index >= 15 is 0 Å². The molecule has 1 aromatic carbocycles. The van der Waals surface area contributed by atoms with Gasteiger partial charge in [0.05, 0.1) is 5.69 Å². The maximum atomic E-state index is 14.4. The summed E-state index contributed by atoms with van der Waals surface area (Å²) in [7, 11) is -3.77. The number of aromatic nitrogens is 1. The van der Waals surface area contributed by atoms with Gasteiger partial charge in [0.1, 0.15) is 15.9 Å². The van der Waals surface area contributed by atoms with Gasteiger partial charge in [-0.15, -0.1) is 0 Å². The fourth-order valence-corrected chi connectivity index (χ4v) is 5.99. The molecule has 1 amide bonds. The van der Waals surface area contributed by atoms with Crippen molar-refractivity contribution in [1.82, 2.24) is 9.29 Å². The number of piperidine rings is 1.